The Morgan fingerprint density at radius 2 is 2.15 bits per heavy atom. The maximum absolute atomic E-state index is 13.7. The summed E-state index contributed by atoms with van der Waals surface area (Å²) < 4.78 is 21.1. The number of nitrogens with zero attached hydrogens (tertiary/aromatic N) is 2. The Kier molecular flexibility index (Phi) is 3.65. The zero-order valence-corrected chi connectivity index (χ0v) is 12.7. The maximum Gasteiger partial charge on any atom is 0.144 e. The van der Waals surface area contributed by atoms with Crippen LogP contribution >= 0.6 is 23.2 Å². The number of alkyl halides is 1. The van der Waals surface area contributed by atoms with Gasteiger partial charge in [0.1, 0.15) is 11.6 Å². The third-order valence-electron chi connectivity index (χ3n) is 3.88. The minimum absolute atomic E-state index is 0.0827. The Labute approximate surface area is 126 Å². The second-order valence-corrected chi connectivity index (χ2v) is 6.26. The molecular weight excluding hydrogens is 302 g/mol. The van der Waals surface area contributed by atoms with Crippen LogP contribution in [-0.2, 0) is 4.74 Å². The lowest BCUT2D eigenvalue weighted by molar-refractivity contribution is 0.00657. The van der Waals surface area contributed by atoms with Gasteiger partial charge in [0.2, 0.25) is 0 Å². The molecule has 1 heterocycles. The van der Waals surface area contributed by atoms with E-state index >= 15 is 0 Å². The number of halogens is 3. The number of ether oxygens (including phenoxy) is 1. The summed E-state index contributed by atoms with van der Waals surface area (Å²) in [5.41, 5.74) is 1.42. The molecule has 1 fully saturated rings. The summed E-state index contributed by atoms with van der Waals surface area (Å²) in [4.78, 5) is 4.51. The van der Waals surface area contributed by atoms with Gasteiger partial charge >= 0.3 is 0 Å². The normalized spacial score (nSPS) is 23.9. The van der Waals surface area contributed by atoms with E-state index in [1.807, 2.05) is 11.5 Å². The van der Waals surface area contributed by atoms with Crippen LogP contribution in [0, 0.1) is 5.82 Å². The van der Waals surface area contributed by atoms with Crippen LogP contribution in [0.2, 0.25) is 5.02 Å². The fourth-order valence-electron chi connectivity index (χ4n) is 2.71. The Morgan fingerprint density at radius 1 is 1.45 bits per heavy atom. The van der Waals surface area contributed by atoms with Crippen molar-refractivity contribution in [2.75, 3.05) is 7.11 Å². The average molecular weight is 317 g/mol. The molecule has 0 amide bonds. The lowest BCUT2D eigenvalue weighted by Crippen LogP contribution is -2.33. The highest BCUT2D eigenvalue weighted by atomic mass is 35.5. The summed E-state index contributed by atoms with van der Waals surface area (Å²) >= 11 is 12.0. The van der Waals surface area contributed by atoms with Gasteiger partial charge in [-0.3, -0.25) is 0 Å². The van der Waals surface area contributed by atoms with Gasteiger partial charge in [-0.2, -0.15) is 0 Å². The van der Waals surface area contributed by atoms with Crippen molar-refractivity contribution in [1.29, 1.82) is 0 Å². The number of imidazole rings is 1. The van der Waals surface area contributed by atoms with Gasteiger partial charge < -0.3 is 9.30 Å². The molecule has 3 nitrogen and oxygen atoms in total. The van der Waals surface area contributed by atoms with Gasteiger partial charge in [0, 0.05) is 19.2 Å². The largest absolute Gasteiger partial charge is 0.381 e. The Morgan fingerprint density at radius 3 is 2.75 bits per heavy atom. The van der Waals surface area contributed by atoms with E-state index in [2.05, 4.69) is 4.98 Å². The summed E-state index contributed by atoms with van der Waals surface area (Å²) in [6.07, 6.45) is 2.04. The fraction of sp³-hybridized carbons (Fsp3) is 0.500. The Bertz CT molecular complexity index is 650. The van der Waals surface area contributed by atoms with Gasteiger partial charge in [-0.1, -0.05) is 11.6 Å². The van der Waals surface area contributed by atoms with Crippen LogP contribution < -0.4 is 0 Å². The van der Waals surface area contributed by atoms with E-state index in [9.17, 15) is 4.39 Å². The van der Waals surface area contributed by atoms with Gasteiger partial charge in [-0.05, 0) is 25.8 Å². The highest BCUT2D eigenvalue weighted by molar-refractivity contribution is 6.31. The molecule has 1 aromatic heterocycles. The third kappa shape index (κ3) is 2.20. The van der Waals surface area contributed by atoms with Crippen molar-refractivity contribution < 1.29 is 9.13 Å². The Balaban J connectivity index is 2.12. The predicted molar refractivity (Wildman–Crippen MR) is 78.0 cm³/mol. The second kappa shape index (κ2) is 5.17. The summed E-state index contributed by atoms with van der Waals surface area (Å²) in [5.74, 6) is 0.319. The van der Waals surface area contributed by atoms with E-state index in [0.29, 0.717) is 5.52 Å². The number of hydrogen-bond donors (Lipinski definition) is 0. The molecule has 0 aliphatic heterocycles. The van der Waals surface area contributed by atoms with Crippen molar-refractivity contribution in [3.63, 3.8) is 0 Å². The number of rotatable bonds is 3. The standard InChI is InChI=1S/C14H15Cl2FN2O/c1-7(15)14-18-12-5-10(16)11(17)6-13(12)19(14)8-3-9(4-8)20-2/h5-9H,3-4H2,1-2H3. The average Bonchev–Trinajstić information content (AvgIpc) is 2.68. The first kappa shape index (κ1) is 14.1. The van der Waals surface area contributed by atoms with E-state index in [-0.39, 0.29) is 22.5 Å². The predicted octanol–water partition coefficient (Wildman–Crippen LogP) is 4.48. The van der Waals surface area contributed by atoms with Crippen LogP contribution in [0.1, 0.15) is 37.0 Å². The summed E-state index contributed by atoms with van der Waals surface area (Å²) in [5, 5.41) is -0.162. The minimum atomic E-state index is -0.434. The molecule has 0 saturated heterocycles. The quantitative estimate of drug-likeness (QED) is 0.781. The van der Waals surface area contributed by atoms with E-state index in [4.69, 9.17) is 27.9 Å². The van der Waals surface area contributed by atoms with Crippen molar-refractivity contribution in [1.82, 2.24) is 9.55 Å². The summed E-state index contributed by atoms with van der Waals surface area (Å²) in [6, 6.07) is 3.24. The van der Waals surface area contributed by atoms with Crippen LogP contribution in [0.3, 0.4) is 0 Å². The van der Waals surface area contributed by atoms with Crippen LogP contribution in [0.15, 0.2) is 12.1 Å². The molecule has 1 unspecified atom stereocenters. The summed E-state index contributed by atoms with van der Waals surface area (Å²) in [6.45, 7) is 1.86. The first-order valence-electron chi connectivity index (χ1n) is 6.55. The molecule has 108 valence electrons. The van der Waals surface area contributed by atoms with Gasteiger partial charge in [-0.25, -0.2) is 9.37 Å². The molecule has 3 rings (SSSR count). The monoisotopic (exact) mass is 316 g/mol. The van der Waals surface area contributed by atoms with Gasteiger partial charge in [-0.15, -0.1) is 11.6 Å². The molecule has 0 radical (unpaired) electrons. The smallest absolute Gasteiger partial charge is 0.144 e. The highest BCUT2D eigenvalue weighted by Crippen LogP contribution is 2.40. The lowest BCUT2D eigenvalue weighted by Gasteiger charge is -2.36. The van der Waals surface area contributed by atoms with E-state index in [0.717, 1.165) is 24.2 Å². The van der Waals surface area contributed by atoms with Crippen molar-refractivity contribution in [3.05, 3.63) is 28.8 Å². The number of methoxy groups -OCH3 is 1. The molecule has 1 saturated carbocycles. The molecule has 2 aromatic rings. The first-order valence-corrected chi connectivity index (χ1v) is 7.36. The van der Waals surface area contributed by atoms with Crippen LogP contribution in [-0.4, -0.2) is 22.8 Å². The number of aromatic nitrogens is 2. The molecular formula is C14H15Cl2FN2O. The zero-order valence-electron chi connectivity index (χ0n) is 11.2. The molecule has 1 aliphatic rings. The second-order valence-electron chi connectivity index (χ2n) is 5.19. The first-order chi connectivity index (χ1) is 9.51. The minimum Gasteiger partial charge on any atom is -0.381 e. The molecule has 0 bridgehead atoms. The van der Waals surface area contributed by atoms with E-state index < -0.39 is 5.82 Å². The third-order valence-corrected chi connectivity index (χ3v) is 4.37. The van der Waals surface area contributed by atoms with Crippen LogP contribution in [0.5, 0.6) is 0 Å². The molecule has 0 spiro atoms. The topological polar surface area (TPSA) is 27.1 Å². The fourth-order valence-corrected chi connectivity index (χ4v) is 3.03. The van der Waals surface area contributed by atoms with Gasteiger partial charge in [0.15, 0.2) is 0 Å². The molecule has 6 heteroatoms. The number of benzene rings is 1. The van der Waals surface area contributed by atoms with Crippen molar-refractivity contribution in [2.24, 2.45) is 0 Å². The molecule has 0 N–H and O–H groups in total. The highest BCUT2D eigenvalue weighted by Gasteiger charge is 2.34. The van der Waals surface area contributed by atoms with Crippen LogP contribution in [0.4, 0.5) is 4.39 Å². The van der Waals surface area contributed by atoms with E-state index in [1.165, 1.54) is 6.07 Å². The zero-order chi connectivity index (χ0) is 14.4. The Hall–Kier alpha value is -0.840. The molecule has 1 aliphatic carbocycles. The van der Waals surface area contributed by atoms with Crippen molar-refractivity contribution >= 4 is 34.2 Å². The lowest BCUT2D eigenvalue weighted by atomic mass is 9.88. The molecule has 1 aromatic carbocycles. The van der Waals surface area contributed by atoms with Crippen molar-refractivity contribution in [3.8, 4) is 0 Å². The van der Waals surface area contributed by atoms with E-state index in [1.54, 1.807) is 13.2 Å². The number of fused-ring (bicyclic) bond motifs is 1. The SMILES string of the molecule is COC1CC(n2c(C(C)Cl)nc3cc(Cl)c(F)cc32)C1. The maximum atomic E-state index is 13.7. The van der Waals surface area contributed by atoms with Crippen LogP contribution in [0.25, 0.3) is 11.0 Å². The summed E-state index contributed by atoms with van der Waals surface area (Å²) in [7, 11) is 1.71. The van der Waals surface area contributed by atoms with Gasteiger partial charge in [0.25, 0.3) is 0 Å². The number of hydrogen-bond acceptors (Lipinski definition) is 2. The van der Waals surface area contributed by atoms with Gasteiger partial charge in [0.05, 0.1) is 27.5 Å². The van der Waals surface area contributed by atoms with Crippen molar-refractivity contribution in [2.45, 2.75) is 37.3 Å². The molecule has 20 heavy (non-hydrogen) atoms. The molecule has 1 atom stereocenters.